The molecule has 1 N–H and O–H groups in total. The minimum Gasteiger partial charge on any atom is -0.354 e. The van der Waals surface area contributed by atoms with Crippen molar-refractivity contribution in [3.63, 3.8) is 0 Å². The number of rotatable bonds is 4. The number of amides is 1. The van der Waals surface area contributed by atoms with Crippen LogP contribution in [0.5, 0.6) is 0 Å². The van der Waals surface area contributed by atoms with Gasteiger partial charge in [-0.05, 0) is 45.7 Å². The first-order valence-corrected chi connectivity index (χ1v) is 8.92. The SMILES string of the molecule is CCn1c(=O)c(N2CCCC(C(=O)NC(C)C)C2)nc2cccnc21. The predicted octanol–water partition coefficient (Wildman–Crippen LogP) is 1.55. The Morgan fingerprint density at radius 3 is 2.96 bits per heavy atom. The van der Waals surface area contributed by atoms with Crippen molar-refractivity contribution in [3.8, 4) is 0 Å². The average molecular weight is 343 g/mol. The summed E-state index contributed by atoms with van der Waals surface area (Å²) in [5.41, 5.74) is 1.16. The van der Waals surface area contributed by atoms with Crippen LogP contribution in [0.15, 0.2) is 23.1 Å². The van der Waals surface area contributed by atoms with Gasteiger partial charge in [0.25, 0.3) is 5.56 Å². The van der Waals surface area contributed by atoms with E-state index in [4.69, 9.17) is 0 Å². The third-order valence-electron chi connectivity index (χ3n) is 4.52. The minimum atomic E-state index is -0.140. The Morgan fingerprint density at radius 1 is 1.44 bits per heavy atom. The number of aromatic nitrogens is 3. The van der Waals surface area contributed by atoms with Gasteiger partial charge in [0.15, 0.2) is 11.5 Å². The number of hydrogen-bond acceptors (Lipinski definition) is 5. The number of aryl methyl sites for hydroxylation is 1. The first-order valence-electron chi connectivity index (χ1n) is 8.92. The van der Waals surface area contributed by atoms with Crippen molar-refractivity contribution < 1.29 is 4.79 Å². The Bertz CT molecular complexity index is 830. The van der Waals surface area contributed by atoms with Crippen LogP contribution in [-0.2, 0) is 11.3 Å². The molecule has 1 aliphatic heterocycles. The van der Waals surface area contributed by atoms with Crippen LogP contribution in [0.4, 0.5) is 5.82 Å². The Hall–Kier alpha value is -2.44. The molecule has 1 unspecified atom stereocenters. The van der Waals surface area contributed by atoms with Crippen molar-refractivity contribution in [1.29, 1.82) is 0 Å². The lowest BCUT2D eigenvalue weighted by molar-refractivity contribution is -0.125. The number of nitrogens with one attached hydrogen (secondary N) is 1. The molecule has 3 heterocycles. The van der Waals surface area contributed by atoms with Gasteiger partial charge < -0.3 is 10.2 Å². The van der Waals surface area contributed by atoms with Crippen LogP contribution in [-0.4, -0.2) is 39.6 Å². The van der Waals surface area contributed by atoms with Gasteiger partial charge in [-0.15, -0.1) is 0 Å². The first-order chi connectivity index (χ1) is 12.0. The van der Waals surface area contributed by atoms with Crippen molar-refractivity contribution in [1.82, 2.24) is 19.9 Å². The van der Waals surface area contributed by atoms with Crippen molar-refractivity contribution in [2.75, 3.05) is 18.0 Å². The Morgan fingerprint density at radius 2 is 2.24 bits per heavy atom. The summed E-state index contributed by atoms with van der Waals surface area (Å²) in [6.45, 7) is 7.63. The molecule has 134 valence electrons. The van der Waals surface area contributed by atoms with E-state index in [1.165, 1.54) is 0 Å². The maximum absolute atomic E-state index is 12.9. The highest BCUT2D eigenvalue weighted by atomic mass is 16.2. The molecule has 1 aliphatic rings. The summed E-state index contributed by atoms with van der Waals surface area (Å²) >= 11 is 0. The molecule has 0 spiro atoms. The molecule has 2 aromatic heterocycles. The van der Waals surface area contributed by atoms with Gasteiger partial charge in [0.05, 0.1) is 5.92 Å². The van der Waals surface area contributed by atoms with Gasteiger partial charge in [-0.1, -0.05) is 0 Å². The molecule has 2 aromatic rings. The number of carbonyl (C=O) groups excluding carboxylic acids is 1. The fourth-order valence-electron chi connectivity index (χ4n) is 3.35. The van der Waals surface area contributed by atoms with E-state index in [-0.39, 0.29) is 23.4 Å². The normalized spacial score (nSPS) is 17.9. The number of fused-ring (bicyclic) bond motifs is 1. The molecule has 25 heavy (non-hydrogen) atoms. The zero-order chi connectivity index (χ0) is 18.0. The average Bonchev–Trinajstić information content (AvgIpc) is 2.61. The summed E-state index contributed by atoms with van der Waals surface area (Å²) in [6.07, 6.45) is 3.38. The van der Waals surface area contributed by atoms with E-state index in [0.29, 0.717) is 30.1 Å². The van der Waals surface area contributed by atoms with Gasteiger partial charge in [-0.2, -0.15) is 0 Å². The van der Waals surface area contributed by atoms with Gasteiger partial charge in [0, 0.05) is 31.9 Å². The molecule has 3 rings (SSSR count). The van der Waals surface area contributed by atoms with Crippen LogP contribution in [0.3, 0.4) is 0 Å². The Labute approximate surface area is 147 Å². The quantitative estimate of drug-likeness (QED) is 0.911. The van der Waals surface area contributed by atoms with Crippen molar-refractivity contribution >= 4 is 22.9 Å². The molecule has 1 amide bonds. The fraction of sp³-hybridized carbons (Fsp3) is 0.556. The molecule has 1 saturated heterocycles. The van der Waals surface area contributed by atoms with Gasteiger partial charge in [0.1, 0.15) is 5.52 Å². The highest BCUT2D eigenvalue weighted by Gasteiger charge is 2.28. The molecule has 0 radical (unpaired) electrons. The molecular weight excluding hydrogens is 318 g/mol. The third kappa shape index (κ3) is 3.50. The zero-order valence-corrected chi connectivity index (χ0v) is 15.0. The second-order valence-electron chi connectivity index (χ2n) is 6.78. The van der Waals surface area contributed by atoms with Crippen molar-refractivity contribution in [2.45, 2.75) is 46.2 Å². The standard InChI is InChI=1S/C18H25N5O2/c1-4-23-15-14(8-5-9-19-15)21-16(18(23)25)22-10-6-7-13(11-22)17(24)20-12(2)3/h5,8-9,12-13H,4,6-7,10-11H2,1-3H3,(H,20,24). The van der Waals surface area contributed by atoms with Gasteiger partial charge >= 0.3 is 0 Å². The van der Waals surface area contributed by atoms with Crippen LogP contribution in [0.1, 0.15) is 33.6 Å². The lowest BCUT2D eigenvalue weighted by atomic mass is 9.97. The van der Waals surface area contributed by atoms with E-state index in [0.717, 1.165) is 19.4 Å². The van der Waals surface area contributed by atoms with Gasteiger partial charge in [0.2, 0.25) is 5.91 Å². The molecule has 0 saturated carbocycles. The maximum atomic E-state index is 12.9. The van der Waals surface area contributed by atoms with Gasteiger partial charge in [-0.25, -0.2) is 9.97 Å². The number of piperidine rings is 1. The Kier molecular flexibility index (Phi) is 5.01. The van der Waals surface area contributed by atoms with Gasteiger partial charge in [-0.3, -0.25) is 14.2 Å². The van der Waals surface area contributed by atoms with Crippen LogP contribution in [0.25, 0.3) is 11.2 Å². The summed E-state index contributed by atoms with van der Waals surface area (Å²) in [7, 11) is 0. The van der Waals surface area contributed by atoms with E-state index in [1.54, 1.807) is 10.8 Å². The third-order valence-corrected chi connectivity index (χ3v) is 4.52. The molecule has 1 fully saturated rings. The van der Waals surface area contributed by atoms with Crippen molar-refractivity contribution in [2.24, 2.45) is 5.92 Å². The van der Waals surface area contributed by atoms with Crippen LogP contribution >= 0.6 is 0 Å². The van der Waals surface area contributed by atoms with Crippen LogP contribution < -0.4 is 15.8 Å². The highest BCUT2D eigenvalue weighted by Crippen LogP contribution is 2.21. The van der Waals surface area contributed by atoms with E-state index in [1.807, 2.05) is 37.8 Å². The molecule has 0 aromatic carbocycles. The number of pyridine rings is 1. The molecule has 1 atom stereocenters. The second kappa shape index (κ2) is 7.21. The van der Waals surface area contributed by atoms with E-state index >= 15 is 0 Å². The van der Waals surface area contributed by atoms with Crippen molar-refractivity contribution in [3.05, 3.63) is 28.7 Å². The zero-order valence-electron chi connectivity index (χ0n) is 15.0. The Balaban J connectivity index is 1.94. The number of anilines is 1. The van der Waals surface area contributed by atoms with E-state index in [2.05, 4.69) is 15.3 Å². The lowest BCUT2D eigenvalue weighted by Gasteiger charge is -2.33. The molecule has 0 aliphatic carbocycles. The number of hydrogen-bond donors (Lipinski definition) is 1. The largest absolute Gasteiger partial charge is 0.354 e. The maximum Gasteiger partial charge on any atom is 0.295 e. The van der Waals surface area contributed by atoms with E-state index in [9.17, 15) is 9.59 Å². The summed E-state index contributed by atoms with van der Waals surface area (Å²) in [4.78, 5) is 36.0. The van der Waals surface area contributed by atoms with Crippen LogP contribution in [0, 0.1) is 5.92 Å². The number of carbonyl (C=O) groups is 1. The molecule has 0 bridgehead atoms. The summed E-state index contributed by atoms with van der Waals surface area (Å²) in [5.74, 6) is 0.361. The predicted molar refractivity (Wildman–Crippen MR) is 97.7 cm³/mol. The minimum absolute atomic E-state index is 0.0537. The topological polar surface area (TPSA) is 80.1 Å². The smallest absolute Gasteiger partial charge is 0.295 e. The fourth-order valence-corrected chi connectivity index (χ4v) is 3.35. The molecular formula is C18H25N5O2. The molecule has 7 heteroatoms. The van der Waals surface area contributed by atoms with Crippen LogP contribution in [0.2, 0.25) is 0 Å². The summed E-state index contributed by atoms with van der Waals surface area (Å²) in [5, 5.41) is 2.97. The second-order valence-corrected chi connectivity index (χ2v) is 6.78. The summed E-state index contributed by atoms with van der Waals surface area (Å²) < 4.78 is 1.65. The highest BCUT2D eigenvalue weighted by molar-refractivity contribution is 5.80. The first kappa shape index (κ1) is 17.4. The number of nitrogens with zero attached hydrogens (tertiary/aromatic N) is 4. The lowest BCUT2D eigenvalue weighted by Crippen LogP contribution is -2.46. The monoisotopic (exact) mass is 343 g/mol. The van der Waals surface area contributed by atoms with E-state index < -0.39 is 0 Å². The summed E-state index contributed by atoms with van der Waals surface area (Å²) in [6, 6.07) is 3.80. The molecule has 7 nitrogen and oxygen atoms in total.